The van der Waals surface area contributed by atoms with Crippen molar-refractivity contribution in [3.05, 3.63) is 74.8 Å². The van der Waals surface area contributed by atoms with E-state index >= 15 is 0 Å². The van der Waals surface area contributed by atoms with Crippen LogP contribution < -0.4 is 5.32 Å². The highest BCUT2D eigenvalue weighted by Gasteiger charge is 2.04. The van der Waals surface area contributed by atoms with Crippen LogP contribution >= 0.6 is 11.6 Å². The summed E-state index contributed by atoms with van der Waals surface area (Å²) in [7, 11) is 0. The molecule has 0 bridgehead atoms. The molecule has 0 aliphatic heterocycles. The van der Waals surface area contributed by atoms with Crippen LogP contribution in [0.3, 0.4) is 0 Å². The number of nitrogens with zero attached hydrogens (tertiary/aromatic N) is 2. The normalized spacial score (nSPS) is 10.5. The Morgan fingerprint density at radius 3 is 2.83 bits per heavy atom. The lowest BCUT2D eigenvalue weighted by atomic mass is 10.2. The van der Waals surface area contributed by atoms with Gasteiger partial charge in [-0.05, 0) is 17.7 Å². The molecule has 2 aromatic rings. The molecule has 0 saturated carbocycles. The van der Waals surface area contributed by atoms with Gasteiger partial charge in [0.25, 0.3) is 11.6 Å². The van der Waals surface area contributed by atoms with Crippen molar-refractivity contribution >= 4 is 29.4 Å². The number of nitro benzene ring substituents is 1. The highest BCUT2D eigenvalue weighted by molar-refractivity contribution is 6.30. The van der Waals surface area contributed by atoms with E-state index in [1.165, 1.54) is 24.4 Å². The van der Waals surface area contributed by atoms with Crippen LogP contribution in [0.25, 0.3) is 0 Å². The van der Waals surface area contributed by atoms with Crippen molar-refractivity contribution in [3.63, 3.8) is 0 Å². The molecule has 0 heterocycles. The van der Waals surface area contributed by atoms with Crippen LogP contribution in [-0.2, 0) is 16.2 Å². The topological polar surface area (TPSA) is 93.8 Å². The first kappa shape index (κ1) is 17.4. The van der Waals surface area contributed by atoms with E-state index < -0.39 is 4.92 Å². The average molecular weight is 348 g/mol. The summed E-state index contributed by atoms with van der Waals surface area (Å²) in [4.78, 5) is 26.6. The van der Waals surface area contributed by atoms with Crippen molar-refractivity contribution in [1.29, 1.82) is 0 Å². The summed E-state index contributed by atoms with van der Waals surface area (Å²) >= 11 is 5.85. The predicted octanol–water partition coefficient (Wildman–Crippen LogP) is 2.92. The van der Waals surface area contributed by atoms with Gasteiger partial charge in [0.15, 0.2) is 6.61 Å². The number of benzene rings is 2. The van der Waals surface area contributed by atoms with Crippen molar-refractivity contribution in [3.8, 4) is 0 Å². The largest absolute Gasteiger partial charge is 0.386 e. The lowest BCUT2D eigenvalue weighted by Crippen LogP contribution is -2.26. The lowest BCUT2D eigenvalue weighted by Gasteiger charge is -2.04. The Labute approximate surface area is 143 Å². The van der Waals surface area contributed by atoms with Gasteiger partial charge < -0.3 is 10.2 Å². The summed E-state index contributed by atoms with van der Waals surface area (Å²) in [6.07, 6.45) is 1.30. The van der Waals surface area contributed by atoms with E-state index in [0.717, 1.165) is 5.56 Å². The second-order valence-electron chi connectivity index (χ2n) is 4.77. The van der Waals surface area contributed by atoms with Crippen LogP contribution in [-0.4, -0.2) is 23.7 Å². The SMILES string of the molecule is O=C(CO/N=C\c1cccc([N+](=O)[O-])c1)NCc1cccc(Cl)c1. The van der Waals surface area contributed by atoms with Gasteiger partial charge in [0, 0.05) is 29.3 Å². The number of non-ortho nitro benzene ring substituents is 1. The molecule has 8 heteroatoms. The van der Waals surface area contributed by atoms with Gasteiger partial charge in [-0.25, -0.2) is 0 Å². The number of nitro groups is 1. The maximum Gasteiger partial charge on any atom is 0.270 e. The van der Waals surface area contributed by atoms with E-state index in [1.807, 2.05) is 6.07 Å². The smallest absolute Gasteiger partial charge is 0.270 e. The predicted molar refractivity (Wildman–Crippen MR) is 89.9 cm³/mol. The fourth-order valence-electron chi connectivity index (χ4n) is 1.81. The van der Waals surface area contributed by atoms with E-state index in [-0.39, 0.29) is 18.2 Å². The van der Waals surface area contributed by atoms with E-state index in [9.17, 15) is 14.9 Å². The standard InChI is InChI=1S/C16H14ClN3O4/c17-14-5-1-3-12(7-14)9-18-16(21)11-24-19-10-13-4-2-6-15(8-13)20(22)23/h1-8,10H,9,11H2,(H,18,21)/b19-10-. The van der Waals surface area contributed by atoms with Gasteiger partial charge in [-0.1, -0.05) is 41.0 Å². The van der Waals surface area contributed by atoms with Crippen LogP contribution in [0.5, 0.6) is 0 Å². The molecule has 0 radical (unpaired) electrons. The molecule has 0 fully saturated rings. The average Bonchev–Trinajstić information content (AvgIpc) is 2.57. The van der Waals surface area contributed by atoms with Gasteiger partial charge >= 0.3 is 0 Å². The van der Waals surface area contributed by atoms with Gasteiger partial charge in [0.05, 0.1) is 11.1 Å². The zero-order chi connectivity index (χ0) is 17.4. The fourth-order valence-corrected chi connectivity index (χ4v) is 2.02. The van der Waals surface area contributed by atoms with Crippen molar-refractivity contribution in [2.45, 2.75) is 6.54 Å². The molecule has 7 nitrogen and oxygen atoms in total. The van der Waals surface area contributed by atoms with E-state index in [2.05, 4.69) is 10.5 Å². The quantitative estimate of drug-likeness (QED) is 0.473. The van der Waals surface area contributed by atoms with Gasteiger partial charge in [-0.15, -0.1) is 0 Å². The summed E-state index contributed by atoms with van der Waals surface area (Å²) in [5.41, 5.74) is 1.33. The molecular weight excluding hydrogens is 334 g/mol. The van der Waals surface area contributed by atoms with Crippen LogP contribution in [0.15, 0.2) is 53.7 Å². The molecule has 124 valence electrons. The van der Waals surface area contributed by atoms with Crippen molar-refractivity contribution in [2.75, 3.05) is 6.61 Å². The molecule has 0 aromatic heterocycles. The van der Waals surface area contributed by atoms with Gasteiger partial charge in [0.1, 0.15) is 0 Å². The maximum absolute atomic E-state index is 11.6. The third kappa shape index (κ3) is 5.69. The number of oxime groups is 1. The Balaban J connectivity index is 1.76. The molecule has 0 saturated heterocycles. The Bertz CT molecular complexity index is 764. The third-order valence-corrected chi connectivity index (χ3v) is 3.17. The molecule has 24 heavy (non-hydrogen) atoms. The first-order valence-corrected chi connectivity index (χ1v) is 7.33. The summed E-state index contributed by atoms with van der Waals surface area (Å²) in [5, 5.41) is 17.5. The number of rotatable bonds is 7. The molecule has 1 N–H and O–H groups in total. The molecule has 2 aromatic carbocycles. The number of nitrogens with one attached hydrogen (secondary N) is 1. The summed E-state index contributed by atoms with van der Waals surface area (Å²) in [5.74, 6) is -0.342. The summed E-state index contributed by atoms with van der Waals surface area (Å²) in [6, 6.07) is 13.0. The molecule has 0 aliphatic carbocycles. The number of carbonyl (C=O) groups is 1. The number of halogens is 1. The molecule has 2 rings (SSSR count). The van der Waals surface area contributed by atoms with Crippen molar-refractivity contribution in [2.24, 2.45) is 5.16 Å². The van der Waals surface area contributed by atoms with Crippen LogP contribution in [0.2, 0.25) is 5.02 Å². The second kappa shape index (κ2) is 8.64. The van der Waals surface area contributed by atoms with E-state index in [1.54, 1.807) is 24.3 Å². The molecule has 1 amide bonds. The minimum absolute atomic E-state index is 0.0433. The summed E-state index contributed by atoms with van der Waals surface area (Å²) in [6.45, 7) is 0.0728. The number of amides is 1. The number of hydrogen-bond donors (Lipinski definition) is 1. The van der Waals surface area contributed by atoms with Gasteiger partial charge in [-0.2, -0.15) is 0 Å². The number of carbonyl (C=O) groups excluding carboxylic acids is 1. The first-order valence-electron chi connectivity index (χ1n) is 6.95. The van der Waals surface area contributed by atoms with Crippen LogP contribution in [0.1, 0.15) is 11.1 Å². The molecule has 0 spiro atoms. The molecule has 0 aliphatic rings. The minimum atomic E-state index is -0.499. The van der Waals surface area contributed by atoms with Crippen molar-refractivity contribution in [1.82, 2.24) is 5.32 Å². The Hall–Kier alpha value is -2.93. The summed E-state index contributed by atoms with van der Waals surface area (Å²) < 4.78 is 0. The molecular formula is C16H14ClN3O4. The van der Waals surface area contributed by atoms with E-state index in [4.69, 9.17) is 16.4 Å². The lowest BCUT2D eigenvalue weighted by molar-refractivity contribution is -0.384. The zero-order valence-corrected chi connectivity index (χ0v) is 13.3. The first-order chi connectivity index (χ1) is 11.5. The Morgan fingerprint density at radius 2 is 2.08 bits per heavy atom. The third-order valence-electron chi connectivity index (χ3n) is 2.93. The highest BCUT2D eigenvalue weighted by Crippen LogP contribution is 2.11. The fraction of sp³-hybridized carbons (Fsp3) is 0.125. The second-order valence-corrected chi connectivity index (χ2v) is 5.20. The zero-order valence-electron chi connectivity index (χ0n) is 12.5. The maximum atomic E-state index is 11.6. The van der Waals surface area contributed by atoms with Crippen LogP contribution in [0, 0.1) is 10.1 Å². The Morgan fingerprint density at radius 1 is 1.29 bits per heavy atom. The molecule has 0 unspecified atom stereocenters. The monoisotopic (exact) mass is 347 g/mol. The minimum Gasteiger partial charge on any atom is -0.386 e. The highest BCUT2D eigenvalue weighted by atomic mass is 35.5. The van der Waals surface area contributed by atoms with Crippen LogP contribution in [0.4, 0.5) is 5.69 Å². The van der Waals surface area contributed by atoms with Gasteiger partial charge in [-0.3, -0.25) is 14.9 Å². The van der Waals surface area contributed by atoms with Crippen molar-refractivity contribution < 1.29 is 14.6 Å². The molecule has 0 atom stereocenters. The van der Waals surface area contributed by atoms with Gasteiger partial charge in [0.2, 0.25) is 0 Å². The van der Waals surface area contributed by atoms with E-state index in [0.29, 0.717) is 17.1 Å². The number of hydrogen-bond acceptors (Lipinski definition) is 5. The Kier molecular flexibility index (Phi) is 6.27.